The van der Waals surface area contributed by atoms with Gasteiger partial charge in [0, 0.05) is 31.2 Å². The number of likely N-dealkylation sites (N-methyl/N-ethyl adjacent to an activating group) is 1. The van der Waals surface area contributed by atoms with E-state index in [1.165, 1.54) is 51.7 Å². The minimum Gasteiger partial charge on any atom is -0.329 e. The van der Waals surface area contributed by atoms with Crippen molar-refractivity contribution in [3.63, 3.8) is 0 Å². The summed E-state index contributed by atoms with van der Waals surface area (Å²) in [5.74, 6) is 0. The largest absolute Gasteiger partial charge is 0.329 e. The molecule has 2 rings (SSSR count). The standard InChI is InChI=1S/C16H33N3/c1-14-11-18(4)9-6-10-19(14)16(13-17)8-5-7-15(2,3)12-16/h14H,5-13,17H2,1-4H3. The quantitative estimate of drug-likeness (QED) is 0.833. The van der Waals surface area contributed by atoms with Crippen LogP contribution < -0.4 is 5.73 Å². The fourth-order valence-electron chi connectivity index (χ4n) is 4.58. The van der Waals surface area contributed by atoms with Gasteiger partial charge < -0.3 is 10.6 Å². The average molecular weight is 267 g/mol. The predicted octanol–water partition coefficient (Wildman–Crippen LogP) is 2.31. The maximum Gasteiger partial charge on any atom is 0.0340 e. The summed E-state index contributed by atoms with van der Waals surface area (Å²) in [6, 6.07) is 0.630. The number of rotatable bonds is 2. The third kappa shape index (κ3) is 3.32. The highest BCUT2D eigenvalue weighted by molar-refractivity contribution is 5.01. The van der Waals surface area contributed by atoms with Crippen LogP contribution in [0.2, 0.25) is 0 Å². The van der Waals surface area contributed by atoms with Gasteiger partial charge >= 0.3 is 0 Å². The van der Waals surface area contributed by atoms with Gasteiger partial charge in [-0.1, -0.05) is 20.3 Å². The number of hydrogen-bond acceptors (Lipinski definition) is 3. The molecule has 2 aliphatic rings. The Bertz CT molecular complexity index is 302. The van der Waals surface area contributed by atoms with Crippen LogP contribution >= 0.6 is 0 Å². The molecule has 0 aromatic heterocycles. The molecule has 0 aromatic carbocycles. The maximum atomic E-state index is 6.28. The van der Waals surface area contributed by atoms with Crippen molar-refractivity contribution in [1.29, 1.82) is 0 Å². The zero-order chi connectivity index (χ0) is 14.1. The summed E-state index contributed by atoms with van der Waals surface area (Å²) in [7, 11) is 2.25. The molecule has 0 aromatic rings. The minimum absolute atomic E-state index is 0.256. The Morgan fingerprint density at radius 1 is 1.16 bits per heavy atom. The second kappa shape index (κ2) is 5.71. The Labute approximate surface area is 119 Å². The highest BCUT2D eigenvalue weighted by Gasteiger charge is 2.45. The normalized spacial score (nSPS) is 38.1. The van der Waals surface area contributed by atoms with Gasteiger partial charge in [-0.15, -0.1) is 0 Å². The molecule has 2 N–H and O–H groups in total. The molecule has 1 aliphatic heterocycles. The molecule has 0 amide bonds. The van der Waals surface area contributed by atoms with Crippen LogP contribution in [0.5, 0.6) is 0 Å². The SMILES string of the molecule is CC1CN(C)CCCN1C1(CN)CCCC(C)(C)C1. The van der Waals surface area contributed by atoms with E-state index >= 15 is 0 Å². The highest BCUT2D eigenvalue weighted by Crippen LogP contribution is 2.44. The van der Waals surface area contributed by atoms with Gasteiger partial charge in [-0.25, -0.2) is 0 Å². The van der Waals surface area contributed by atoms with Gasteiger partial charge in [0.1, 0.15) is 0 Å². The molecule has 1 saturated carbocycles. The van der Waals surface area contributed by atoms with Crippen molar-refractivity contribution in [3.05, 3.63) is 0 Å². The lowest BCUT2D eigenvalue weighted by Crippen LogP contribution is -2.61. The summed E-state index contributed by atoms with van der Waals surface area (Å²) in [5.41, 5.74) is 6.99. The molecule has 3 heteroatoms. The van der Waals surface area contributed by atoms with Gasteiger partial charge in [-0.05, 0) is 51.6 Å². The monoisotopic (exact) mass is 267 g/mol. The lowest BCUT2D eigenvalue weighted by molar-refractivity contribution is -0.0121. The molecule has 2 unspecified atom stereocenters. The van der Waals surface area contributed by atoms with Crippen LogP contribution in [0.1, 0.15) is 52.9 Å². The Morgan fingerprint density at radius 3 is 2.53 bits per heavy atom. The number of nitrogens with two attached hydrogens (primary N) is 1. The summed E-state index contributed by atoms with van der Waals surface area (Å²) in [6.07, 6.45) is 6.54. The van der Waals surface area contributed by atoms with Gasteiger partial charge in [0.15, 0.2) is 0 Å². The smallest absolute Gasteiger partial charge is 0.0340 e. The average Bonchev–Trinajstić information content (AvgIpc) is 2.49. The van der Waals surface area contributed by atoms with Crippen LogP contribution in [0, 0.1) is 5.41 Å². The summed E-state index contributed by atoms with van der Waals surface area (Å²) in [6.45, 7) is 11.7. The Hall–Kier alpha value is -0.120. The lowest BCUT2D eigenvalue weighted by Gasteiger charge is -2.52. The second-order valence-corrected chi connectivity index (χ2v) is 7.78. The molecule has 0 radical (unpaired) electrons. The van der Waals surface area contributed by atoms with Crippen molar-refractivity contribution >= 4 is 0 Å². The Balaban J connectivity index is 2.19. The fourth-order valence-corrected chi connectivity index (χ4v) is 4.58. The fraction of sp³-hybridized carbons (Fsp3) is 1.00. The van der Waals surface area contributed by atoms with E-state index in [-0.39, 0.29) is 5.54 Å². The van der Waals surface area contributed by atoms with Crippen molar-refractivity contribution in [1.82, 2.24) is 9.80 Å². The molecule has 2 atom stereocenters. The van der Waals surface area contributed by atoms with Crippen LogP contribution in [-0.2, 0) is 0 Å². The summed E-state index contributed by atoms with van der Waals surface area (Å²) in [4.78, 5) is 5.24. The van der Waals surface area contributed by atoms with E-state index < -0.39 is 0 Å². The molecule has 19 heavy (non-hydrogen) atoms. The van der Waals surface area contributed by atoms with Crippen molar-refractivity contribution in [2.45, 2.75) is 64.5 Å². The minimum atomic E-state index is 0.256. The van der Waals surface area contributed by atoms with E-state index in [2.05, 4.69) is 37.6 Å². The van der Waals surface area contributed by atoms with E-state index in [0.29, 0.717) is 11.5 Å². The van der Waals surface area contributed by atoms with Crippen LogP contribution in [0.15, 0.2) is 0 Å². The first-order valence-corrected chi connectivity index (χ1v) is 8.04. The predicted molar refractivity (Wildman–Crippen MR) is 82.3 cm³/mol. The first-order chi connectivity index (χ1) is 8.88. The van der Waals surface area contributed by atoms with Gasteiger partial charge in [-0.2, -0.15) is 0 Å². The zero-order valence-corrected chi connectivity index (χ0v) is 13.4. The van der Waals surface area contributed by atoms with E-state index in [9.17, 15) is 0 Å². The van der Waals surface area contributed by atoms with Crippen molar-refractivity contribution in [2.24, 2.45) is 11.1 Å². The van der Waals surface area contributed by atoms with Gasteiger partial charge in [-0.3, -0.25) is 4.90 Å². The summed E-state index contributed by atoms with van der Waals surface area (Å²) in [5, 5.41) is 0. The summed E-state index contributed by atoms with van der Waals surface area (Å²) < 4.78 is 0. The number of hydrogen-bond donors (Lipinski definition) is 1. The molecule has 0 spiro atoms. The van der Waals surface area contributed by atoms with Crippen LogP contribution in [0.4, 0.5) is 0 Å². The van der Waals surface area contributed by atoms with Crippen LogP contribution in [0.3, 0.4) is 0 Å². The molecule has 3 nitrogen and oxygen atoms in total. The van der Waals surface area contributed by atoms with E-state index in [0.717, 1.165) is 6.54 Å². The third-order valence-corrected chi connectivity index (χ3v) is 5.34. The first kappa shape index (κ1) is 15.3. The Morgan fingerprint density at radius 2 is 1.89 bits per heavy atom. The van der Waals surface area contributed by atoms with Crippen LogP contribution in [0.25, 0.3) is 0 Å². The van der Waals surface area contributed by atoms with Gasteiger partial charge in [0.25, 0.3) is 0 Å². The second-order valence-electron chi connectivity index (χ2n) is 7.78. The van der Waals surface area contributed by atoms with Crippen molar-refractivity contribution in [3.8, 4) is 0 Å². The molecule has 2 fully saturated rings. The molecular formula is C16H33N3. The first-order valence-electron chi connectivity index (χ1n) is 8.04. The summed E-state index contributed by atoms with van der Waals surface area (Å²) >= 11 is 0. The molecule has 112 valence electrons. The molecule has 1 heterocycles. The van der Waals surface area contributed by atoms with E-state index in [4.69, 9.17) is 5.73 Å². The van der Waals surface area contributed by atoms with Gasteiger partial charge in [0.05, 0.1) is 0 Å². The maximum absolute atomic E-state index is 6.28. The molecular weight excluding hydrogens is 234 g/mol. The molecule has 0 bridgehead atoms. The lowest BCUT2D eigenvalue weighted by atomic mass is 9.67. The van der Waals surface area contributed by atoms with E-state index in [1.807, 2.05) is 0 Å². The third-order valence-electron chi connectivity index (χ3n) is 5.34. The van der Waals surface area contributed by atoms with Crippen LogP contribution in [-0.4, -0.2) is 54.6 Å². The highest BCUT2D eigenvalue weighted by atomic mass is 15.3. The molecule has 1 aliphatic carbocycles. The van der Waals surface area contributed by atoms with Gasteiger partial charge in [0.2, 0.25) is 0 Å². The van der Waals surface area contributed by atoms with Crippen molar-refractivity contribution in [2.75, 3.05) is 33.2 Å². The Kier molecular flexibility index (Phi) is 4.59. The topological polar surface area (TPSA) is 32.5 Å². The van der Waals surface area contributed by atoms with Crippen molar-refractivity contribution < 1.29 is 0 Å². The zero-order valence-electron chi connectivity index (χ0n) is 13.4. The number of nitrogens with zero attached hydrogens (tertiary/aromatic N) is 2. The van der Waals surface area contributed by atoms with E-state index in [1.54, 1.807) is 0 Å². The molecule has 1 saturated heterocycles.